The zero-order chi connectivity index (χ0) is 9.68. The maximum absolute atomic E-state index is 5.89. The first-order valence-electron chi connectivity index (χ1n) is 3.93. The summed E-state index contributed by atoms with van der Waals surface area (Å²) in [6, 6.07) is 5.32. The molecule has 70 valence electrons. The molecule has 1 rings (SSSR count). The van der Waals surface area contributed by atoms with Gasteiger partial charge in [-0.15, -0.1) is 0 Å². The Morgan fingerprint density at radius 3 is 2.85 bits per heavy atom. The molecule has 0 unspecified atom stereocenters. The number of halogens is 2. The van der Waals surface area contributed by atoms with Crippen molar-refractivity contribution in [3.8, 4) is 5.75 Å². The van der Waals surface area contributed by atoms with E-state index in [4.69, 9.17) is 27.9 Å². The van der Waals surface area contributed by atoms with Gasteiger partial charge in [-0.2, -0.15) is 0 Å². The summed E-state index contributed by atoms with van der Waals surface area (Å²) < 4.78 is 5.35. The van der Waals surface area contributed by atoms with E-state index in [1.807, 2.05) is 19.1 Å². The molecule has 1 nitrogen and oxygen atoms in total. The van der Waals surface area contributed by atoms with Gasteiger partial charge in [-0.05, 0) is 19.1 Å². The molecule has 0 radical (unpaired) electrons. The summed E-state index contributed by atoms with van der Waals surface area (Å²) in [7, 11) is 0. The topological polar surface area (TPSA) is 9.23 Å². The van der Waals surface area contributed by atoms with E-state index in [2.05, 4.69) is 0 Å². The van der Waals surface area contributed by atoms with Crippen molar-refractivity contribution in [2.45, 2.75) is 6.92 Å². The van der Waals surface area contributed by atoms with Crippen LogP contribution >= 0.6 is 23.2 Å². The summed E-state index contributed by atoms with van der Waals surface area (Å²) in [6.07, 6.45) is 3.82. The normalized spacial score (nSPS) is 10.7. The smallest absolute Gasteiger partial charge is 0.139 e. The first-order chi connectivity index (χ1) is 6.25. The molecule has 0 N–H and O–H groups in total. The van der Waals surface area contributed by atoms with Crippen LogP contribution in [0.4, 0.5) is 0 Å². The van der Waals surface area contributed by atoms with E-state index in [0.29, 0.717) is 22.4 Å². The lowest BCUT2D eigenvalue weighted by Gasteiger charge is -2.05. The number of ether oxygens (including phenoxy) is 1. The van der Waals surface area contributed by atoms with Gasteiger partial charge in [-0.3, -0.25) is 0 Å². The van der Waals surface area contributed by atoms with Crippen LogP contribution in [0.3, 0.4) is 0 Å². The van der Waals surface area contributed by atoms with Crippen molar-refractivity contribution in [2.24, 2.45) is 0 Å². The molecular weight excluding hydrogens is 207 g/mol. The molecular formula is C10H10Cl2O. The summed E-state index contributed by atoms with van der Waals surface area (Å²) in [5.41, 5.74) is 0. The van der Waals surface area contributed by atoms with E-state index in [1.165, 1.54) is 0 Å². The lowest BCUT2D eigenvalue weighted by atomic mass is 10.3. The quantitative estimate of drug-likeness (QED) is 0.696. The molecule has 0 aliphatic rings. The highest BCUT2D eigenvalue weighted by Crippen LogP contribution is 2.31. The lowest BCUT2D eigenvalue weighted by Crippen LogP contribution is -1.93. The fourth-order valence-corrected chi connectivity index (χ4v) is 1.18. The second-order valence-electron chi connectivity index (χ2n) is 2.43. The van der Waals surface area contributed by atoms with Crippen molar-refractivity contribution in [1.82, 2.24) is 0 Å². The number of benzene rings is 1. The molecule has 0 saturated heterocycles. The van der Waals surface area contributed by atoms with E-state index < -0.39 is 0 Å². The van der Waals surface area contributed by atoms with Crippen molar-refractivity contribution in [1.29, 1.82) is 0 Å². The van der Waals surface area contributed by atoms with Gasteiger partial charge in [0.1, 0.15) is 17.4 Å². The highest BCUT2D eigenvalue weighted by molar-refractivity contribution is 6.42. The van der Waals surface area contributed by atoms with Gasteiger partial charge < -0.3 is 4.74 Å². The number of hydrogen-bond donors (Lipinski definition) is 0. The molecule has 0 amide bonds. The predicted octanol–water partition coefficient (Wildman–Crippen LogP) is 3.95. The minimum Gasteiger partial charge on any atom is -0.488 e. The Morgan fingerprint density at radius 2 is 2.15 bits per heavy atom. The molecule has 13 heavy (non-hydrogen) atoms. The zero-order valence-corrected chi connectivity index (χ0v) is 8.77. The van der Waals surface area contributed by atoms with Crippen LogP contribution in [0.15, 0.2) is 30.4 Å². The monoisotopic (exact) mass is 216 g/mol. The van der Waals surface area contributed by atoms with E-state index >= 15 is 0 Å². The first-order valence-corrected chi connectivity index (χ1v) is 4.69. The molecule has 0 aromatic heterocycles. The Morgan fingerprint density at radius 1 is 1.38 bits per heavy atom. The standard InChI is InChI=1S/C10H10Cl2O/c1-2-3-7-13-9-6-4-5-8(11)10(9)12/h2-6H,7H2,1H3/b3-2+. The van der Waals surface area contributed by atoms with Gasteiger partial charge in [0.05, 0.1) is 5.02 Å². The number of rotatable bonds is 3. The minimum absolute atomic E-state index is 0.466. The molecule has 0 fully saturated rings. The molecule has 0 saturated carbocycles. The van der Waals surface area contributed by atoms with E-state index in [0.717, 1.165) is 0 Å². The van der Waals surface area contributed by atoms with Crippen LogP contribution in [0, 0.1) is 0 Å². The summed E-state index contributed by atoms with van der Waals surface area (Å²) >= 11 is 11.7. The van der Waals surface area contributed by atoms with Crippen molar-refractivity contribution in [2.75, 3.05) is 6.61 Å². The number of allylic oxidation sites excluding steroid dienone is 1. The molecule has 0 spiro atoms. The molecule has 0 aliphatic carbocycles. The van der Waals surface area contributed by atoms with Gasteiger partial charge in [0, 0.05) is 0 Å². The largest absolute Gasteiger partial charge is 0.488 e. The third-order valence-corrected chi connectivity index (χ3v) is 2.29. The van der Waals surface area contributed by atoms with Crippen molar-refractivity contribution >= 4 is 23.2 Å². The highest BCUT2D eigenvalue weighted by atomic mass is 35.5. The Balaban J connectivity index is 2.71. The van der Waals surface area contributed by atoms with Crippen LogP contribution in [-0.4, -0.2) is 6.61 Å². The first kappa shape index (κ1) is 10.4. The van der Waals surface area contributed by atoms with Crippen LogP contribution in [-0.2, 0) is 0 Å². The van der Waals surface area contributed by atoms with Crippen LogP contribution in [0.25, 0.3) is 0 Å². The Hall–Kier alpha value is -0.660. The predicted molar refractivity (Wildman–Crippen MR) is 56.8 cm³/mol. The second kappa shape index (κ2) is 5.15. The van der Waals surface area contributed by atoms with Gasteiger partial charge in [0.25, 0.3) is 0 Å². The zero-order valence-electron chi connectivity index (χ0n) is 7.26. The SMILES string of the molecule is C/C=C/COc1cccc(Cl)c1Cl. The average Bonchev–Trinajstić information content (AvgIpc) is 2.13. The third kappa shape index (κ3) is 2.94. The van der Waals surface area contributed by atoms with Crippen LogP contribution in [0.5, 0.6) is 5.75 Å². The van der Waals surface area contributed by atoms with E-state index in [1.54, 1.807) is 18.2 Å². The average molecular weight is 217 g/mol. The molecule has 3 heteroatoms. The van der Waals surface area contributed by atoms with Crippen LogP contribution in [0.1, 0.15) is 6.92 Å². The molecule has 0 bridgehead atoms. The fraction of sp³-hybridized carbons (Fsp3) is 0.200. The molecule has 0 atom stereocenters. The van der Waals surface area contributed by atoms with E-state index in [-0.39, 0.29) is 0 Å². The molecule has 1 aromatic carbocycles. The molecule has 1 aromatic rings. The maximum atomic E-state index is 5.89. The number of hydrogen-bond acceptors (Lipinski definition) is 1. The lowest BCUT2D eigenvalue weighted by molar-refractivity contribution is 0.363. The second-order valence-corrected chi connectivity index (χ2v) is 3.22. The van der Waals surface area contributed by atoms with Crippen molar-refractivity contribution in [3.63, 3.8) is 0 Å². The van der Waals surface area contributed by atoms with E-state index in [9.17, 15) is 0 Å². The van der Waals surface area contributed by atoms with Gasteiger partial charge in [-0.1, -0.05) is 41.4 Å². The summed E-state index contributed by atoms with van der Waals surface area (Å²) in [4.78, 5) is 0. The Kier molecular flexibility index (Phi) is 4.13. The van der Waals surface area contributed by atoms with Gasteiger partial charge >= 0.3 is 0 Å². The fourth-order valence-electron chi connectivity index (χ4n) is 0.830. The van der Waals surface area contributed by atoms with Gasteiger partial charge in [0.2, 0.25) is 0 Å². The minimum atomic E-state index is 0.466. The highest BCUT2D eigenvalue weighted by Gasteiger charge is 2.03. The van der Waals surface area contributed by atoms with Crippen molar-refractivity contribution < 1.29 is 4.74 Å². The van der Waals surface area contributed by atoms with Crippen LogP contribution in [0.2, 0.25) is 10.0 Å². The summed E-state index contributed by atoms with van der Waals surface area (Å²) in [6.45, 7) is 2.44. The van der Waals surface area contributed by atoms with Gasteiger partial charge in [-0.25, -0.2) is 0 Å². The maximum Gasteiger partial charge on any atom is 0.139 e. The molecule has 0 aliphatic heterocycles. The van der Waals surface area contributed by atoms with Crippen molar-refractivity contribution in [3.05, 3.63) is 40.4 Å². The third-order valence-electron chi connectivity index (χ3n) is 1.49. The summed E-state index contributed by atoms with van der Waals surface area (Å²) in [5, 5.41) is 0.980. The molecule has 0 heterocycles. The van der Waals surface area contributed by atoms with Crippen LogP contribution < -0.4 is 4.74 Å². The Bertz CT molecular complexity index is 308. The Labute approximate surface area is 87.9 Å². The summed E-state index contributed by atoms with van der Waals surface area (Å²) in [5.74, 6) is 0.618. The van der Waals surface area contributed by atoms with Gasteiger partial charge in [0.15, 0.2) is 0 Å².